The predicted molar refractivity (Wildman–Crippen MR) is 76.2 cm³/mol. The Balaban J connectivity index is 2.18. The number of ketones is 3. The van der Waals surface area contributed by atoms with Gasteiger partial charge in [0.15, 0.2) is 23.2 Å². The molecule has 0 N–H and O–H groups in total. The molecule has 116 valence electrons. The van der Waals surface area contributed by atoms with Gasteiger partial charge in [0.25, 0.3) is 0 Å². The molecule has 0 amide bonds. The molecule has 1 aliphatic rings. The zero-order valence-corrected chi connectivity index (χ0v) is 12.0. The van der Waals surface area contributed by atoms with Crippen molar-refractivity contribution < 1.29 is 28.3 Å². The smallest absolute Gasteiger partial charge is 0.351 e. The maximum absolute atomic E-state index is 12.4. The van der Waals surface area contributed by atoms with Gasteiger partial charge in [-0.3, -0.25) is 19.2 Å². The van der Waals surface area contributed by atoms with Crippen molar-refractivity contribution in [2.45, 2.75) is 13.3 Å². The van der Waals surface area contributed by atoms with Gasteiger partial charge in [-0.1, -0.05) is 12.1 Å². The first-order chi connectivity index (χ1) is 10.9. The summed E-state index contributed by atoms with van der Waals surface area (Å²) in [5.41, 5.74) is -1.31. The highest BCUT2D eigenvalue weighted by Crippen LogP contribution is 2.33. The third-order valence-electron chi connectivity index (χ3n) is 3.46. The summed E-state index contributed by atoms with van der Waals surface area (Å²) in [6.07, 6.45) is -0.584. The third-order valence-corrected chi connectivity index (χ3v) is 3.46. The number of benzene rings is 1. The lowest BCUT2D eigenvalue weighted by Crippen LogP contribution is -2.42. The van der Waals surface area contributed by atoms with Gasteiger partial charge in [0.1, 0.15) is 16.9 Å². The maximum Gasteiger partial charge on any atom is 0.351 e. The van der Waals surface area contributed by atoms with Gasteiger partial charge in [-0.15, -0.1) is 0 Å². The van der Waals surface area contributed by atoms with Crippen molar-refractivity contribution in [3.05, 3.63) is 40.2 Å². The van der Waals surface area contributed by atoms with Crippen molar-refractivity contribution >= 4 is 34.3 Å². The Kier molecular flexibility index (Phi) is 3.40. The van der Waals surface area contributed by atoms with E-state index >= 15 is 0 Å². The molecule has 0 bridgehead atoms. The van der Waals surface area contributed by atoms with Crippen LogP contribution in [-0.4, -0.2) is 23.3 Å². The van der Waals surface area contributed by atoms with E-state index in [9.17, 15) is 24.0 Å². The van der Waals surface area contributed by atoms with Crippen molar-refractivity contribution in [3.63, 3.8) is 0 Å². The summed E-state index contributed by atoms with van der Waals surface area (Å²) < 4.78 is 10.1. The monoisotopic (exact) mass is 314 g/mol. The summed E-state index contributed by atoms with van der Waals surface area (Å²) in [5.74, 6) is -5.50. The highest BCUT2D eigenvalue weighted by molar-refractivity contribution is 6.28. The van der Waals surface area contributed by atoms with Crippen LogP contribution in [0.1, 0.15) is 23.7 Å². The Labute approximate surface area is 128 Å². The first-order valence-corrected chi connectivity index (χ1v) is 6.74. The van der Waals surface area contributed by atoms with Crippen molar-refractivity contribution in [1.29, 1.82) is 0 Å². The minimum absolute atomic E-state index is 0.158. The van der Waals surface area contributed by atoms with Crippen LogP contribution in [-0.2, 0) is 14.4 Å². The van der Waals surface area contributed by atoms with E-state index in [0.717, 1.165) is 6.92 Å². The molecule has 0 spiro atoms. The van der Waals surface area contributed by atoms with Crippen LogP contribution in [0.25, 0.3) is 11.0 Å². The number of hydrogen-bond acceptors (Lipinski definition) is 7. The second-order valence-corrected chi connectivity index (χ2v) is 5.15. The number of carbonyl (C=O) groups is 4. The largest absolute Gasteiger partial charge is 0.424 e. The van der Waals surface area contributed by atoms with E-state index in [1.165, 1.54) is 12.1 Å². The van der Waals surface area contributed by atoms with Gasteiger partial charge in [0, 0.05) is 0 Å². The molecule has 1 aromatic carbocycles. The molecule has 0 aliphatic carbocycles. The average Bonchev–Trinajstić information content (AvgIpc) is 2.45. The van der Waals surface area contributed by atoms with Gasteiger partial charge < -0.3 is 9.15 Å². The first kappa shape index (κ1) is 14.8. The van der Waals surface area contributed by atoms with Crippen molar-refractivity contribution in [2.24, 2.45) is 5.92 Å². The van der Waals surface area contributed by atoms with E-state index in [1.54, 1.807) is 12.1 Å². The zero-order valence-electron chi connectivity index (χ0n) is 12.0. The molecule has 23 heavy (non-hydrogen) atoms. The van der Waals surface area contributed by atoms with Crippen LogP contribution in [0.3, 0.4) is 0 Å². The van der Waals surface area contributed by atoms with E-state index in [0.29, 0.717) is 0 Å². The number of hydrogen-bond donors (Lipinski definition) is 0. The van der Waals surface area contributed by atoms with E-state index in [4.69, 9.17) is 9.15 Å². The summed E-state index contributed by atoms with van der Waals surface area (Å²) in [7, 11) is 0. The molecule has 1 aromatic heterocycles. The Hall–Kier alpha value is -3.09. The van der Waals surface area contributed by atoms with Crippen molar-refractivity contribution in [2.75, 3.05) is 0 Å². The summed E-state index contributed by atoms with van der Waals surface area (Å²) >= 11 is 0. The molecule has 2 heterocycles. The Morgan fingerprint density at radius 2 is 1.83 bits per heavy atom. The van der Waals surface area contributed by atoms with Crippen molar-refractivity contribution in [1.82, 2.24) is 0 Å². The van der Waals surface area contributed by atoms with Gasteiger partial charge in [-0.05, 0) is 19.1 Å². The molecule has 1 unspecified atom stereocenters. The van der Waals surface area contributed by atoms with Crippen molar-refractivity contribution in [3.8, 4) is 5.75 Å². The lowest BCUT2D eigenvalue weighted by atomic mass is 9.89. The molecule has 7 nitrogen and oxygen atoms in total. The van der Waals surface area contributed by atoms with Gasteiger partial charge >= 0.3 is 11.6 Å². The van der Waals surface area contributed by atoms with E-state index in [-0.39, 0.29) is 16.7 Å². The Bertz CT molecular complexity index is 935. The molecule has 3 rings (SSSR count). The van der Waals surface area contributed by atoms with Crippen LogP contribution in [0, 0.1) is 5.92 Å². The van der Waals surface area contributed by atoms with E-state index < -0.39 is 46.8 Å². The fourth-order valence-electron chi connectivity index (χ4n) is 2.48. The fraction of sp³-hybridized carbons (Fsp3) is 0.188. The summed E-state index contributed by atoms with van der Waals surface area (Å²) in [4.78, 5) is 59.5. The van der Waals surface area contributed by atoms with Crippen LogP contribution < -0.4 is 10.4 Å². The number of rotatable bonds is 3. The predicted octanol–water partition coefficient (Wildman–Crippen LogP) is 1.06. The molecule has 0 radical (unpaired) electrons. The highest BCUT2D eigenvalue weighted by atomic mass is 16.5. The number of esters is 1. The van der Waals surface area contributed by atoms with Gasteiger partial charge in [0.2, 0.25) is 0 Å². The van der Waals surface area contributed by atoms with E-state index in [1.807, 2.05) is 0 Å². The zero-order chi connectivity index (χ0) is 16.7. The highest BCUT2D eigenvalue weighted by Gasteiger charge is 2.44. The second kappa shape index (κ2) is 5.28. The summed E-state index contributed by atoms with van der Waals surface area (Å²) in [6, 6.07) is 6.24. The average molecular weight is 314 g/mol. The number of fused-ring (bicyclic) bond motifs is 3. The van der Waals surface area contributed by atoms with Crippen LogP contribution in [0.4, 0.5) is 0 Å². The molecular formula is C16H10O7. The first-order valence-electron chi connectivity index (χ1n) is 6.74. The third kappa shape index (κ3) is 2.36. The molecule has 1 atom stereocenters. The quantitative estimate of drug-likeness (QED) is 0.473. The van der Waals surface area contributed by atoms with Crippen LogP contribution in [0.2, 0.25) is 0 Å². The Morgan fingerprint density at radius 3 is 2.52 bits per heavy atom. The molecule has 2 aromatic rings. The summed E-state index contributed by atoms with van der Waals surface area (Å²) in [6.45, 7) is 1.16. The Morgan fingerprint density at radius 1 is 1.13 bits per heavy atom. The topological polar surface area (TPSA) is 108 Å². The van der Waals surface area contributed by atoms with Gasteiger partial charge in [-0.25, -0.2) is 4.79 Å². The number of carbonyl (C=O) groups excluding carboxylic acids is 4. The minimum atomic E-state index is -1.81. The van der Waals surface area contributed by atoms with Crippen LogP contribution in [0.15, 0.2) is 33.5 Å². The number of ether oxygens (including phenoxy) is 1. The fourth-order valence-corrected chi connectivity index (χ4v) is 2.48. The minimum Gasteiger partial charge on any atom is -0.424 e. The number of para-hydroxylation sites is 1. The van der Waals surface area contributed by atoms with Gasteiger partial charge in [0.05, 0.1) is 11.8 Å². The normalized spacial score (nSPS) is 16.8. The summed E-state index contributed by atoms with van der Waals surface area (Å²) in [5, 5.41) is 0.279. The standard InChI is InChI=1S/C16H10O7/c1-7(17)6-9(18)11-13(19)12-14(23-15(11)20)8-4-2-3-5-10(8)22-16(12)21/h2-5,11H,6H2,1H3. The molecule has 0 saturated carbocycles. The number of Topliss-reactive ketones (excluding diaryl/α,β-unsaturated/α-hetero) is 3. The SMILES string of the molecule is CC(=O)CC(=O)C1C(=O)Oc2c(c(=O)oc3ccccc23)C1=O. The molecule has 7 heteroatoms. The van der Waals surface area contributed by atoms with Crippen LogP contribution in [0.5, 0.6) is 5.75 Å². The lowest BCUT2D eigenvalue weighted by molar-refractivity contribution is -0.142. The van der Waals surface area contributed by atoms with Crippen LogP contribution >= 0.6 is 0 Å². The second-order valence-electron chi connectivity index (χ2n) is 5.15. The molecule has 1 aliphatic heterocycles. The molecular weight excluding hydrogens is 304 g/mol. The molecule has 0 saturated heterocycles. The lowest BCUT2D eigenvalue weighted by Gasteiger charge is -2.21. The molecule has 0 fully saturated rings. The maximum atomic E-state index is 12.4. The van der Waals surface area contributed by atoms with E-state index in [2.05, 4.69) is 0 Å². The van der Waals surface area contributed by atoms with Gasteiger partial charge in [-0.2, -0.15) is 0 Å².